The number of allylic oxidation sites excluding steroid dienone is 4. The zero-order valence-corrected chi connectivity index (χ0v) is 15.7. The van der Waals surface area contributed by atoms with Crippen LogP contribution in [0, 0.1) is 0 Å². The monoisotopic (exact) mass is 328 g/mol. The topological polar surface area (TPSA) is 30.9 Å². The van der Waals surface area contributed by atoms with Gasteiger partial charge >= 0.3 is 0 Å². The first-order valence-electron chi connectivity index (χ1n) is 9.08. The third-order valence-corrected chi connectivity index (χ3v) is 4.96. The minimum Gasteiger partial charge on any atom is -0.367 e. The predicted octanol–water partition coefficient (Wildman–Crippen LogP) is 3.67. The van der Waals surface area contributed by atoms with Gasteiger partial charge in [-0.05, 0) is 37.8 Å². The molecule has 0 radical (unpaired) electrons. The lowest BCUT2D eigenvalue weighted by molar-refractivity contribution is 0.174. The largest absolute Gasteiger partial charge is 0.367 e. The Hall–Kier alpha value is -1.81. The SMILES string of the molecule is C=C1NN=CC(N2CCN(CC(/C=C\CC)=C(/C)CC)CC2)=C1C. The molecule has 2 aliphatic rings. The van der Waals surface area contributed by atoms with Crippen molar-refractivity contribution >= 4 is 6.21 Å². The van der Waals surface area contributed by atoms with Crippen LogP contribution in [0.15, 0.2) is 51.9 Å². The van der Waals surface area contributed by atoms with Gasteiger partial charge in [0, 0.05) is 32.7 Å². The smallest absolute Gasteiger partial charge is 0.0709 e. The lowest BCUT2D eigenvalue weighted by Gasteiger charge is -2.38. The van der Waals surface area contributed by atoms with Gasteiger partial charge in [0.25, 0.3) is 0 Å². The molecule has 0 spiro atoms. The van der Waals surface area contributed by atoms with E-state index >= 15 is 0 Å². The standard InChI is InChI=1S/C20H32N4/c1-6-8-9-19(16(3)7-2)15-23-10-12-24(13-11-23)20-14-21-22-18(5)17(20)4/h8-9,14,22H,5-7,10-13,15H2,1-4H3/b9-8-,19-16-. The molecule has 2 rings (SSSR count). The van der Waals surface area contributed by atoms with E-state index in [4.69, 9.17) is 0 Å². The molecule has 4 nitrogen and oxygen atoms in total. The fourth-order valence-electron chi connectivity index (χ4n) is 3.03. The third-order valence-electron chi connectivity index (χ3n) is 4.96. The van der Waals surface area contributed by atoms with Crippen LogP contribution in [-0.4, -0.2) is 48.7 Å². The van der Waals surface area contributed by atoms with Gasteiger partial charge in [-0.3, -0.25) is 10.3 Å². The Labute approximate surface area is 147 Å². The first-order chi connectivity index (χ1) is 11.6. The number of hydrogen-bond acceptors (Lipinski definition) is 4. The Morgan fingerprint density at radius 2 is 2.00 bits per heavy atom. The molecule has 0 aromatic rings. The summed E-state index contributed by atoms with van der Waals surface area (Å²) in [6.07, 6.45) is 8.74. The van der Waals surface area contributed by atoms with Crippen LogP contribution in [0.1, 0.15) is 40.5 Å². The van der Waals surface area contributed by atoms with Crippen molar-refractivity contribution in [3.05, 3.63) is 46.8 Å². The van der Waals surface area contributed by atoms with Crippen LogP contribution in [0.4, 0.5) is 0 Å². The maximum atomic E-state index is 4.20. The Morgan fingerprint density at radius 3 is 2.62 bits per heavy atom. The summed E-state index contributed by atoms with van der Waals surface area (Å²) < 4.78 is 0. The van der Waals surface area contributed by atoms with Crippen molar-refractivity contribution in [2.45, 2.75) is 40.5 Å². The minimum absolute atomic E-state index is 0.906. The van der Waals surface area contributed by atoms with Crippen molar-refractivity contribution < 1.29 is 0 Å². The quantitative estimate of drug-likeness (QED) is 0.755. The highest BCUT2D eigenvalue weighted by Gasteiger charge is 2.21. The van der Waals surface area contributed by atoms with E-state index in [0.29, 0.717) is 0 Å². The molecule has 0 bridgehead atoms. The molecule has 0 saturated carbocycles. The summed E-state index contributed by atoms with van der Waals surface area (Å²) in [5.41, 5.74) is 9.25. The van der Waals surface area contributed by atoms with Crippen molar-refractivity contribution in [1.29, 1.82) is 0 Å². The van der Waals surface area contributed by atoms with Crippen LogP contribution < -0.4 is 5.43 Å². The number of nitrogens with zero attached hydrogens (tertiary/aromatic N) is 3. The summed E-state index contributed by atoms with van der Waals surface area (Å²) in [4.78, 5) is 4.99. The highest BCUT2D eigenvalue weighted by Crippen LogP contribution is 2.20. The second-order valence-corrected chi connectivity index (χ2v) is 6.59. The molecule has 4 heteroatoms. The number of piperazine rings is 1. The average molecular weight is 329 g/mol. The average Bonchev–Trinajstić information content (AvgIpc) is 2.61. The van der Waals surface area contributed by atoms with Crippen LogP contribution in [0.3, 0.4) is 0 Å². The van der Waals surface area contributed by atoms with Gasteiger partial charge in [-0.15, -0.1) is 0 Å². The molecule has 0 aromatic carbocycles. The van der Waals surface area contributed by atoms with Gasteiger partial charge in [-0.25, -0.2) is 0 Å². The summed E-state index contributed by atoms with van der Waals surface area (Å²) in [5.74, 6) is 0. The summed E-state index contributed by atoms with van der Waals surface area (Å²) in [7, 11) is 0. The first kappa shape index (κ1) is 18.5. The van der Waals surface area contributed by atoms with Crippen LogP contribution in [0.2, 0.25) is 0 Å². The molecule has 1 fully saturated rings. The fraction of sp³-hybridized carbons (Fsp3) is 0.550. The lowest BCUT2D eigenvalue weighted by Crippen LogP contribution is -2.47. The molecule has 2 heterocycles. The zero-order valence-electron chi connectivity index (χ0n) is 15.7. The second-order valence-electron chi connectivity index (χ2n) is 6.59. The Balaban J connectivity index is 1.97. The minimum atomic E-state index is 0.906. The third kappa shape index (κ3) is 4.60. The van der Waals surface area contributed by atoms with E-state index in [1.165, 1.54) is 22.4 Å². The van der Waals surface area contributed by atoms with Gasteiger partial charge in [0.15, 0.2) is 0 Å². The summed E-state index contributed by atoms with van der Waals surface area (Å²) in [6, 6.07) is 0. The summed E-state index contributed by atoms with van der Waals surface area (Å²) in [5, 5.41) is 4.20. The van der Waals surface area contributed by atoms with E-state index in [9.17, 15) is 0 Å². The van der Waals surface area contributed by atoms with E-state index in [-0.39, 0.29) is 0 Å². The van der Waals surface area contributed by atoms with Gasteiger partial charge < -0.3 is 4.90 Å². The predicted molar refractivity (Wildman–Crippen MR) is 104 cm³/mol. The molecule has 1 saturated heterocycles. The fourth-order valence-corrected chi connectivity index (χ4v) is 3.03. The molecule has 0 aromatic heterocycles. The van der Waals surface area contributed by atoms with Crippen LogP contribution in [0.25, 0.3) is 0 Å². The van der Waals surface area contributed by atoms with Gasteiger partial charge in [0.05, 0.1) is 17.6 Å². The molecular weight excluding hydrogens is 296 g/mol. The van der Waals surface area contributed by atoms with Crippen molar-refractivity contribution in [3.63, 3.8) is 0 Å². The molecule has 0 amide bonds. The number of hydrogen-bond donors (Lipinski definition) is 1. The Bertz CT molecular complexity index is 572. The van der Waals surface area contributed by atoms with Crippen molar-refractivity contribution in [1.82, 2.24) is 15.2 Å². The van der Waals surface area contributed by atoms with Crippen LogP contribution >= 0.6 is 0 Å². The van der Waals surface area contributed by atoms with Crippen molar-refractivity contribution in [2.75, 3.05) is 32.7 Å². The summed E-state index contributed by atoms with van der Waals surface area (Å²) in [6.45, 7) is 18.2. The normalized spacial score (nSPS) is 20.7. The molecule has 0 aliphatic carbocycles. The number of hydrazone groups is 1. The molecule has 1 N–H and O–H groups in total. The van der Waals surface area contributed by atoms with Gasteiger partial charge in [0.1, 0.15) is 0 Å². The molecule has 0 atom stereocenters. The molecule has 132 valence electrons. The van der Waals surface area contributed by atoms with Crippen molar-refractivity contribution in [3.8, 4) is 0 Å². The molecule has 2 aliphatic heterocycles. The van der Waals surface area contributed by atoms with E-state index in [1.54, 1.807) is 0 Å². The molecule has 0 unspecified atom stereocenters. The zero-order chi connectivity index (χ0) is 17.5. The van der Waals surface area contributed by atoms with E-state index in [0.717, 1.165) is 51.3 Å². The van der Waals surface area contributed by atoms with E-state index in [2.05, 4.69) is 66.8 Å². The van der Waals surface area contributed by atoms with E-state index < -0.39 is 0 Å². The van der Waals surface area contributed by atoms with Crippen LogP contribution in [-0.2, 0) is 0 Å². The summed E-state index contributed by atoms with van der Waals surface area (Å²) >= 11 is 0. The Kier molecular flexibility index (Phi) is 6.85. The maximum Gasteiger partial charge on any atom is 0.0709 e. The van der Waals surface area contributed by atoms with Gasteiger partial charge in [-0.2, -0.15) is 5.10 Å². The molecule has 24 heavy (non-hydrogen) atoms. The number of rotatable bonds is 6. The first-order valence-corrected chi connectivity index (χ1v) is 9.08. The maximum absolute atomic E-state index is 4.20. The van der Waals surface area contributed by atoms with Crippen LogP contribution in [0.5, 0.6) is 0 Å². The van der Waals surface area contributed by atoms with Crippen molar-refractivity contribution in [2.24, 2.45) is 5.10 Å². The highest BCUT2D eigenvalue weighted by atomic mass is 15.3. The van der Waals surface area contributed by atoms with Gasteiger partial charge in [0.2, 0.25) is 0 Å². The number of nitrogens with one attached hydrogen (secondary N) is 1. The second kappa shape index (κ2) is 8.88. The van der Waals surface area contributed by atoms with E-state index in [1.807, 2.05) is 6.21 Å². The highest BCUT2D eigenvalue weighted by molar-refractivity contribution is 5.81. The molecular formula is C20H32N4. The van der Waals surface area contributed by atoms with Gasteiger partial charge in [-0.1, -0.05) is 38.2 Å². The Morgan fingerprint density at radius 1 is 1.29 bits per heavy atom. The lowest BCUT2D eigenvalue weighted by atomic mass is 10.1.